The summed E-state index contributed by atoms with van der Waals surface area (Å²) in [6, 6.07) is 13.1. The Labute approximate surface area is 410 Å². The number of benzene rings is 2. The number of nitrogen functional groups attached to an aromatic ring is 1. The standard InChI is InChI=1S/C48H60ClN9O10S/c1-31(2)43(58-28-35-6-4-5-7-38(35)47(58)61)48(62)57-29-37(59)23-40(57)46(60)51-25-34-9-8-33(44-32(3)52-30-69-44)22-41(34)68-21-20-67-19-18-66-17-16-65-15-14-64-13-12-63-11-10-56-27-36(26-53-56)39-24-42(49)54-55-45(39)50/h4-9,22,24,26-27,30-31,37,40,43,59H,10-21,23,25,28-29H2,1-3H3,(H2,50,55)(H,51,60)/t37?,40?,43-/m0/s1. The molecule has 2 unspecified atom stereocenters. The van der Waals surface area contributed by atoms with Crippen LogP contribution in [-0.2, 0) is 52.9 Å². The van der Waals surface area contributed by atoms with Crippen LogP contribution in [0, 0.1) is 12.8 Å². The largest absolute Gasteiger partial charge is 0.491 e. The van der Waals surface area contributed by atoms with Gasteiger partial charge in [-0.25, -0.2) is 4.98 Å². The average molecular weight is 991 g/mol. The summed E-state index contributed by atoms with van der Waals surface area (Å²) in [6.07, 6.45) is 2.74. The molecule has 0 bridgehead atoms. The lowest BCUT2D eigenvalue weighted by Gasteiger charge is -2.35. The molecule has 1 saturated heterocycles. The number of hydrogen-bond acceptors (Lipinski definition) is 16. The van der Waals surface area contributed by atoms with Gasteiger partial charge >= 0.3 is 0 Å². The van der Waals surface area contributed by atoms with Crippen LogP contribution >= 0.6 is 22.9 Å². The van der Waals surface area contributed by atoms with Gasteiger partial charge in [-0.2, -0.15) is 5.10 Å². The number of rotatable bonds is 27. The molecule has 69 heavy (non-hydrogen) atoms. The van der Waals surface area contributed by atoms with E-state index in [0.29, 0.717) is 96.0 Å². The summed E-state index contributed by atoms with van der Waals surface area (Å²) in [5.74, 6) is -0.347. The summed E-state index contributed by atoms with van der Waals surface area (Å²) in [6.45, 7) is 11.0. The number of thiazole rings is 1. The molecule has 3 amide bonds. The van der Waals surface area contributed by atoms with Crippen LogP contribution in [0.4, 0.5) is 5.82 Å². The van der Waals surface area contributed by atoms with Crippen LogP contribution in [0.25, 0.3) is 21.6 Å². The van der Waals surface area contributed by atoms with Gasteiger partial charge in [0.25, 0.3) is 5.91 Å². The predicted molar refractivity (Wildman–Crippen MR) is 257 cm³/mol. The van der Waals surface area contributed by atoms with Crippen molar-refractivity contribution in [3.8, 4) is 27.3 Å². The monoisotopic (exact) mass is 989 g/mol. The minimum Gasteiger partial charge on any atom is -0.491 e. The second kappa shape index (κ2) is 25.3. The number of hydrogen-bond donors (Lipinski definition) is 3. The molecule has 370 valence electrons. The van der Waals surface area contributed by atoms with E-state index >= 15 is 0 Å². The first-order chi connectivity index (χ1) is 33.5. The number of halogens is 1. The molecule has 5 heterocycles. The van der Waals surface area contributed by atoms with Gasteiger partial charge in [-0.05, 0) is 42.2 Å². The molecule has 2 aliphatic rings. The summed E-state index contributed by atoms with van der Waals surface area (Å²) in [5.41, 5.74) is 13.2. The molecule has 5 aromatic rings. The number of carbonyl (C=O) groups is 3. The van der Waals surface area contributed by atoms with Gasteiger partial charge in [-0.3, -0.25) is 19.1 Å². The van der Waals surface area contributed by atoms with Crippen molar-refractivity contribution in [2.24, 2.45) is 5.92 Å². The van der Waals surface area contributed by atoms with Gasteiger partial charge in [-0.1, -0.05) is 55.8 Å². The van der Waals surface area contributed by atoms with Crippen LogP contribution in [0.15, 0.2) is 66.4 Å². The second-order valence-electron chi connectivity index (χ2n) is 16.9. The predicted octanol–water partition coefficient (Wildman–Crippen LogP) is 4.43. The maximum absolute atomic E-state index is 14.2. The van der Waals surface area contributed by atoms with Crippen molar-refractivity contribution in [2.45, 2.75) is 65.0 Å². The molecule has 21 heteroatoms. The molecule has 0 spiro atoms. The van der Waals surface area contributed by atoms with Crippen LogP contribution in [0.2, 0.25) is 5.15 Å². The molecule has 3 aromatic heterocycles. The third-order valence-electron chi connectivity index (χ3n) is 11.6. The number of nitrogens with one attached hydrogen (secondary N) is 1. The smallest absolute Gasteiger partial charge is 0.255 e. The van der Waals surface area contributed by atoms with Gasteiger partial charge in [0.2, 0.25) is 11.8 Å². The van der Waals surface area contributed by atoms with Gasteiger partial charge in [0.05, 0.1) is 101 Å². The van der Waals surface area contributed by atoms with Gasteiger partial charge in [-0.15, -0.1) is 21.5 Å². The van der Waals surface area contributed by atoms with Crippen molar-refractivity contribution in [1.82, 2.24) is 40.1 Å². The Bertz CT molecular complexity index is 2490. The summed E-state index contributed by atoms with van der Waals surface area (Å²) in [4.78, 5) is 49.9. The zero-order chi connectivity index (χ0) is 48.7. The van der Waals surface area contributed by atoms with E-state index in [-0.39, 0.29) is 54.8 Å². The fourth-order valence-corrected chi connectivity index (χ4v) is 9.14. The number of aromatic nitrogens is 5. The lowest BCUT2D eigenvalue weighted by molar-refractivity contribution is -0.143. The number of aliphatic hydroxyl groups excluding tert-OH is 1. The Morgan fingerprint density at radius 3 is 2.25 bits per heavy atom. The number of ether oxygens (including phenoxy) is 6. The summed E-state index contributed by atoms with van der Waals surface area (Å²) < 4.78 is 36.2. The number of nitrogens with zero attached hydrogens (tertiary/aromatic N) is 7. The van der Waals surface area contributed by atoms with E-state index in [1.165, 1.54) is 16.2 Å². The quantitative estimate of drug-likeness (QED) is 0.0619. The van der Waals surface area contributed by atoms with Crippen LogP contribution in [0.3, 0.4) is 0 Å². The number of carbonyl (C=O) groups excluding carboxylic acids is 3. The molecular weight excluding hydrogens is 930 g/mol. The zero-order valence-corrected chi connectivity index (χ0v) is 40.7. The summed E-state index contributed by atoms with van der Waals surface area (Å²) in [5, 5.41) is 25.9. The minimum atomic E-state index is -0.911. The highest BCUT2D eigenvalue weighted by Crippen LogP contribution is 2.33. The number of likely N-dealkylation sites (tertiary alicyclic amines) is 1. The number of amides is 3. The van der Waals surface area contributed by atoms with E-state index in [1.54, 1.807) is 39.5 Å². The lowest BCUT2D eigenvalue weighted by atomic mass is 10.0. The topological polar surface area (TPSA) is 228 Å². The molecule has 0 saturated carbocycles. The number of aryl methyl sites for hydroxylation is 1. The molecular formula is C48H60ClN9O10S. The SMILES string of the molecule is Cc1ncsc1-c1ccc(CNC(=O)C2CC(O)CN2C(=O)[C@H](C(C)C)N2Cc3ccccc3C2=O)c(OCCOCCOCCOCCOCCOCCn2cc(-c3cc(Cl)nnc3N)cn2)c1. The third-order valence-corrected chi connectivity index (χ3v) is 12.8. The maximum atomic E-state index is 14.2. The highest BCUT2D eigenvalue weighted by molar-refractivity contribution is 7.13. The van der Waals surface area contributed by atoms with Crippen LogP contribution in [-0.4, -0.2) is 155 Å². The molecule has 19 nitrogen and oxygen atoms in total. The highest BCUT2D eigenvalue weighted by atomic mass is 35.5. The van der Waals surface area contributed by atoms with Crippen molar-refractivity contribution in [3.63, 3.8) is 0 Å². The summed E-state index contributed by atoms with van der Waals surface area (Å²) in [7, 11) is 0. The number of aliphatic hydroxyl groups is 1. The van der Waals surface area contributed by atoms with E-state index in [2.05, 4.69) is 25.6 Å². The van der Waals surface area contributed by atoms with E-state index in [0.717, 1.165) is 32.8 Å². The molecule has 0 radical (unpaired) electrons. The number of β-amino-alcohol motifs (C(OH)–C–C–N with tert-alkyl or cyclic N) is 1. The van der Waals surface area contributed by atoms with Crippen molar-refractivity contribution >= 4 is 46.5 Å². The van der Waals surface area contributed by atoms with E-state index in [9.17, 15) is 19.5 Å². The van der Waals surface area contributed by atoms with Gasteiger partial charge in [0.1, 0.15) is 24.4 Å². The van der Waals surface area contributed by atoms with E-state index in [1.807, 2.05) is 57.3 Å². The second-order valence-corrected chi connectivity index (χ2v) is 18.1. The Hall–Kier alpha value is -5.58. The van der Waals surface area contributed by atoms with E-state index in [4.69, 9.17) is 45.8 Å². The molecule has 7 rings (SSSR count). The molecule has 1 fully saturated rings. The van der Waals surface area contributed by atoms with Crippen molar-refractivity contribution in [2.75, 3.05) is 85.0 Å². The van der Waals surface area contributed by atoms with Crippen molar-refractivity contribution in [3.05, 3.63) is 94.0 Å². The van der Waals surface area contributed by atoms with Crippen molar-refractivity contribution < 1.29 is 47.9 Å². The first-order valence-electron chi connectivity index (χ1n) is 23.0. The van der Waals surface area contributed by atoms with E-state index < -0.39 is 24.1 Å². The van der Waals surface area contributed by atoms with Crippen LogP contribution < -0.4 is 15.8 Å². The summed E-state index contributed by atoms with van der Waals surface area (Å²) >= 11 is 7.47. The van der Waals surface area contributed by atoms with Crippen LogP contribution in [0.1, 0.15) is 47.4 Å². The van der Waals surface area contributed by atoms with Gasteiger partial charge in [0.15, 0.2) is 11.0 Å². The first kappa shape index (κ1) is 51.3. The Morgan fingerprint density at radius 2 is 1.58 bits per heavy atom. The fraction of sp³-hybridized carbons (Fsp3) is 0.479. The third kappa shape index (κ3) is 13.8. The number of nitrogens with two attached hydrogens (primary N) is 1. The minimum absolute atomic E-state index is 0.00172. The molecule has 2 aromatic carbocycles. The molecule has 4 N–H and O–H groups in total. The van der Waals surface area contributed by atoms with Crippen LogP contribution in [0.5, 0.6) is 5.75 Å². The zero-order valence-electron chi connectivity index (χ0n) is 39.1. The lowest BCUT2D eigenvalue weighted by Crippen LogP contribution is -2.55. The molecule has 0 aliphatic carbocycles. The maximum Gasteiger partial charge on any atom is 0.255 e. The fourth-order valence-electron chi connectivity index (χ4n) is 8.19. The van der Waals surface area contributed by atoms with Gasteiger partial charge in [0, 0.05) is 54.5 Å². The Kier molecular flexibility index (Phi) is 18.8. The Balaban J connectivity index is 0.775. The first-order valence-corrected chi connectivity index (χ1v) is 24.3. The normalized spacial score (nSPS) is 16.1. The van der Waals surface area contributed by atoms with Crippen molar-refractivity contribution in [1.29, 1.82) is 0 Å². The molecule has 2 aliphatic heterocycles. The molecule has 3 atom stereocenters. The van der Waals surface area contributed by atoms with Gasteiger partial charge < -0.3 is 54.4 Å². The average Bonchev–Trinajstić information content (AvgIpc) is 4.15. The Morgan fingerprint density at radius 1 is 0.899 bits per heavy atom. The number of fused-ring (bicyclic) bond motifs is 1. The highest BCUT2D eigenvalue weighted by Gasteiger charge is 2.46. The number of anilines is 1.